The Bertz CT molecular complexity index is 1050. The second-order valence-corrected chi connectivity index (χ2v) is 9.11. The van der Waals surface area contributed by atoms with Crippen molar-refractivity contribution >= 4 is 23.0 Å². The number of carbonyl (C=O) groups excluding carboxylic acids is 1. The van der Waals surface area contributed by atoms with E-state index in [0.717, 1.165) is 43.2 Å². The Labute approximate surface area is 180 Å². The van der Waals surface area contributed by atoms with Gasteiger partial charge in [-0.05, 0) is 79.3 Å². The predicted molar refractivity (Wildman–Crippen MR) is 114 cm³/mol. The van der Waals surface area contributed by atoms with E-state index in [1.54, 1.807) is 12.1 Å². The summed E-state index contributed by atoms with van der Waals surface area (Å²) in [5.41, 5.74) is 2.19. The summed E-state index contributed by atoms with van der Waals surface area (Å²) in [6, 6.07) is 9.81. The highest BCUT2D eigenvalue weighted by molar-refractivity contribution is 6.30. The minimum Gasteiger partial charge on any atom is -0.511 e. The van der Waals surface area contributed by atoms with Crippen molar-refractivity contribution in [1.82, 2.24) is 0 Å². The molecule has 1 N–H and O–H groups in total. The third kappa shape index (κ3) is 3.04. The zero-order valence-corrected chi connectivity index (χ0v) is 17.6. The maximum atomic E-state index is 13.8. The lowest BCUT2D eigenvalue weighted by Gasteiger charge is -2.44. The van der Waals surface area contributed by atoms with E-state index in [4.69, 9.17) is 16.3 Å². The van der Waals surface area contributed by atoms with Crippen molar-refractivity contribution in [3.05, 3.63) is 64.1 Å². The summed E-state index contributed by atoms with van der Waals surface area (Å²) < 4.78 is 19.6. The lowest BCUT2D eigenvalue weighted by Crippen LogP contribution is -2.41. The number of allylic oxidation sites excluding steroid dienone is 2. The molecule has 0 aliphatic heterocycles. The van der Waals surface area contributed by atoms with Crippen LogP contribution in [0.25, 0.3) is 5.57 Å². The molecule has 5 heteroatoms. The van der Waals surface area contributed by atoms with Crippen LogP contribution in [-0.2, 0) is 11.2 Å². The van der Waals surface area contributed by atoms with Crippen LogP contribution in [0.3, 0.4) is 0 Å². The molecule has 2 atom stereocenters. The first-order valence-corrected chi connectivity index (χ1v) is 11.1. The molecule has 4 aliphatic carbocycles. The number of halogens is 2. The molecule has 2 bridgehead atoms. The number of hydrogen-bond donors (Lipinski definition) is 1. The summed E-state index contributed by atoms with van der Waals surface area (Å²) in [6.45, 7) is 2.03. The second-order valence-electron chi connectivity index (χ2n) is 8.70. The van der Waals surface area contributed by atoms with Crippen LogP contribution in [-0.4, -0.2) is 10.9 Å². The molecular weight excluding hydrogens is 403 g/mol. The highest BCUT2D eigenvalue weighted by atomic mass is 35.5. The van der Waals surface area contributed by atoms with Gasteiger partial charge in [-0.2, -0.15) is 0 Å². The molecule has 3 saturated carbocycles. The quantitative estimate of drug-likeness (QED) is 0.589. The number of aliphatic hydroxyl groups excluding tert-OH is 1. The van der Waals surface area contributed by atoms with Crippen molar-refractivity contribution < 1.29 is 19.0 Å². The monoisotopic (exact) mass is 426 g/mol. The van der Waals surface area contributed by atoms with Crippen molar-refractivity contribution in [3.63, 3.8) is 0 Å². The van der Waals surface area contributed by atoms with Crippen molar-refractivity contribution in [3.8, 4) is 11.5 Å². The summed E-state index contributed by atoms with van der Waals surface area (Å²) >= 11 is 5.75. The normalized spacial score (nSPS) is 27.5. The van der Waals surface area contributed by atoms with Gasteiger partial charge in [-0.15, -0.1) is 0 Å². The molecule has 0 aromatic heterocycles. The molecule has 3 fully saturated rings. The molecule has 2 aromatic rings. The van der Waals surface area contributed by atoms with Gasteiger partial charge in [-0.1, -0.05) is 24.6 Å². The number of ketones is 1. The summed E-state index contributed by atoms with van der Waals surface area (Å²) in [5, 5.41) is 11.2. The number of ether oxygens (including phenoxy) is 1. The molecule has 0 saturated heterocycles. The minimum absolute atomic E-state index is 0.0281. The summed E-state index contributed by atoms with van der Waals surface area (Å²) in [7, 11) is 0. The molecule has 2 unspecified atom stereocenters. The fourth-order valence-corrected chi connectivity index (χ4v) is 5.90. The Hall–Kier alpha value is -2.33. The van der Waals surface area contributed by atoms with E-state index in [2.05, 4.69) is 0 Å². The number of hydrogen-bond acceptors (Lipinski definition) is 3. The van der Waals surface area contributed by atoms with E-state index in [9.17, 15) is 14.3 Å². The molecule has 4 aliphatic rings. The van der Waals surface area contributed by atoms with Crippen molar-refractivity contribution in [1.29, 1.82) is 0 Å². The standard InChI is InChI=1S/C25H24ClFO3/c1-2-13-7-8-16(30-17-9-10-19(26)20(27)12-17)11-18(13)23-24(28)21-14-3-4-15(6-5-14)22(21)25(23)29/h7-12,14-15,21-22,28H,2-6H2,1H3/t14-,15+,21?,22?. The fourth-order valence-electron chi connectivity index (χ4n) is 5.79. The van der Waals surface area contributed by atoms with Crippen LogP contribution >= 0.6 is 11.6 Å². The topological polar surface area (TPSA) is 46.5 Å². The molecule has 156 valence electrons. The number of aryl methyl sites for hydroxylation is 1. The van der Waals surface area contributed by atoms with Gasteiger partial charge < -0.3 is 9.84 Å². The van der Waals surface area contributed by atoms with Crippen molar-refractivity contribution in [2.24, 2.45) is 23.7 Å². The van der Waals surface area contributed by atoms with E-state index in [1.165, 1.54) is 12.1 Å². The molecule has 30 heavy (non-hydrogen) atoms. The molecule has 6 rings (SSSR count). The molecule has 2 aromatic carbocycles. The third-order valence-electron chi connectivity index (χ3n) is 7.20. The van der Waals surface area contributed by atoms with E-state index < -0.39 is 5.82 Å². The molecule has 0 radical (unpaired) electrons. The van der Waals surface area contributed by atoms with Crippen LogP contribution in [0.2, 0.25) is 5.02 Å². The Morgan fingerprint density at radius 1 is 1.03 bits per heavy atom. The lowest BCUT2D eigenvalue weighted by molar-refractivity contribution is -0.123. The van der Waals surface area contributed by atoms with Crippen LogP contribution in [0, 0.1) is 29.5 Å². The average Bonchev–Trinajstić information content (AvgIpc) is 3.04. The smallest absolute Gasteiger partial charge is 0.170 e. The summed E-state index contributed by atoms with van der Waals surface area (Å²) in [6.07, 6.45) is 5.11. The second kappa shape index (κ2) is 7.42. The molecule has 0 amide bonds. The van der Waals surface area contributed by atoms with Crippen molar-refractivity contribution in [2.45, 2.75) is 39.0 Å². The Morgan fingerprint density at radius 3 is 2.30 bits per heavy atom. The largest absolute Gasteiger partial charge is 0.511 e. The zero-order chi connectivity index (χ0) is 21.0. The van der Waals surface area contributed by atoms with E-state index in [0.29, 0.717) is 28.9 Å². The van der Waals surface area contributed by atoms with E-state index >= 15 is 0 Å². The van der Waals surface area contributed by atoms with Gasteiger partial charge in [0.05, 0.1) is 10.6 Å². The van der Waals surface area contributed by atoms with Gasteiger partial charge in [0.25, 0.3) is 0 Å². The third-order valence-corrected chi connectivity index (χ3v) is 7.51. The van der Waals surface area contributed by atoms with Gasteiger partial charge in [0, 0.05) is 17.9 Å². The van der Waals surface area contributed by atoms with Gasteiger partial charge in [-0.3, -0.25) is 4.79 Å². The Balaban J connectivity index is 1.54. The summed E-state index contributed by atoms with van der Waals surface area (Å²) in [4.78, 5) is 13.4. The van der Waals surface area contributed by atoms with Gasteiger partial charge in [0.2, 0.25) is 0 Å². The lowest BCUT2D eigenvalue weighted by atomic mass is 9.59. The Morgan fingerprint density at radius 2 is 1.67 bits per heavy atom. The zero-order valence-electron chi connectivity index (χ0n) is 16.8. The minimum atomic E-state index is -0.551. The number of aliphatic hydroxyl groups is 1. The fraction of sp³-hybridized carbons (Fsp3) is 0.400. The first-order chi connectivity index (χ1) is 14.5. The highest BCUT2D eigenvalue weighted by Gasteiger charge is 2.54. The molecular formula is C25H24ClFO3. The molecule has 3 nitrogen and oxygen atoms in total. The number of carbonyl (C=O) groups is 1. The Kier molecular flexibility index (Phi) is 4.85. The van der Waals surface area contributed by atoms with Crippen LogP contribution in [0.4, 0.5) is 4.39 Å². The van der Waals surface area contributed by atoms with Gasteiger partial charge in [-0.25, -0.2) is 4.39 Å². The first-order valence-electron chi connectivity index (χ1n) is 10.7. The number of rotatable bonds is 4. The van der Waals surface area contributed by atoms with Crippen LogP contribution in [0.1, 0.15) is 43.7 Å². The van der Waals surface area contributed by atoms with Crippen LogP contribution < -0.4 is 4.74 Å². The maximum Gasteiger partial charge on any atom is 0.170 e. The van der Waals surface area contributed by atoms with Gasteiger partial charge in [0.1, 0.15) is 23.1 Å². The average molecular weight is 427 g/mol. The number of benzene rings is 2. The predicted octanol–water partition coefficient (Wildman–Crippen LogP) is 6.74. The maximum absolute atomic E-state index is 13.8. The van der Waals surface area contributed by atoms with Crippen LogP contribution in [0.5, 0.6) is 11.5 Å². The molecule has 0 spiro atoms. The highest BCUT2D eigenvalue weighted by Crippen LogP contribution is 2.57. The van der Waals surface area contributed by atoms with E-state index in [1.807, 2.05) is 19.1 Å². The SMILES string of the molecule is CCc1ccc(Oc2ccc(Cl)c(F)c2)cc1C1=C(O)C2C(C1=O)[C@H]1CC[C@@H]2CC1. The van der Waals surface area contributed by atoms with Gasteiger partial charge >= 0.3 is 0 Å². The first kappa shape index (κ1) is 19.6. The van der Waals surface area contributed by atoms with Crippen LogP contribution in [0.15, 0.2) is 42.2 Å². The van der Waals surface area contributed by atoms with Gasteiger partial charge in [0.15, 0.2) is 5.78 Å². The number of Topliss-reactive ketones (excluding diaryl/α,β-unsaturated/α-hetero) is 1. The molecule has 0 heterocycles. The van der Waals surface area contributed by atoms with Crippen molar-refractivity contribution in [2.75, 3.05) is 0 Å². The number of fused-ring (bicyclic) bond motifs is 2. The van der Waals surface area contributed by atoms with E-state index in [-0.39, 0.29) is 28.4 Å². The summed E-state index contributed by atoms with van der Waals surface area (Å²) in [5.74, 6) is 1.30.